The maximum Gasteiger partial charge on any atom is 0.107 e. The highest BCUT2D eigenvalue weighted by atomic mass is 16.6. The Balaban J connectivity index is 3.75. The van der Waals surface area contributed by atoms with E-state index in [9.17, 15) is 0 Å². The van der Waals surface area contributed by atoms with Gasteiger partial charge in [-0.05, 0) is 27.7 Å². The van der Waals surface area contributed by atoms with Gasteiger partial charge in [0, 0.05) is 19.8 Å². The summed E-state index contributed by atoms with van der Waals surface area (Å²) in [4.78, 5) is 0. The highest BCUT2D eigenvalue weighted by Crippen LogP contribution is 2.04. The first kappa shape index (κ1) is 12.9. The summed E-state index contributed by atoms with van der Waals surface area (Å²) in [5, 5.41) is 0. The minimum atomic E-state index is 0.0601. The molecule has 0 aromatic rings. The molecule has 0 N–H and O–H groups in total. The molecule has 0 bridgehead atoms. The van der Waals surface area contributed by atoms with Crippen LogP contribution in [0.4, 0.5) is 0 Å². The van der Waals surface area contributed by atoms with Crippen molar-refractivity contribution in [2.75, 3.05) is 26.4 Å². The van der Waals surface area contributed by atoms with E-state index in [2.05, 4.69) is 0 Å². The van der Waals surface area contributed by atoms with E-state index in [-0.39, 0.29) is 12.2 Å². The van der Waals surface area contributed by atoms with Gasteiger partial charge in [0.1, 0.15) is 6.10 Å². The summed E-state index contributed by atoms with van der Waals surface area (Å²) in [6, 6.07) is 0. The van der Waals surface area contributed by atoms with Gasteiger partial charge in [0.2, 0.25) is 0 Å². The second kappa shape index (κ2) is 8.48. The molecule has 0 fully saturated rings. The molecule has 0 aliphatic rings. The lowest BCUT2D eigenvalue weighted by atomic mass is 10.2. The van der Waals surface area contributed by atoms with Crippen LogP contribution in [-0.2, 0) is 14.2 Å². The molecule has 3 nitrogen and oxygen atoms in total. The van der Waals surface area contributed by atoms with E-state index in [0.29, 0.717) is 13.2 Å². The lowest BCUT2D eigenvalue weighted by Crippen LogP contribution is -2.33. The van der Waals surface area contributed by atoms with E-state index in [1.54, 1.807) is 0 Å². The van der Waals surface area contributed by atoms with Crippen molar-refractivity contribution >= 4 is 0 Å². The highest BCUT2D eigenvalue weighted by Gasteiger charge is 2.17. The Bertz CT molecular complexity index is 106. The molecule has 3 heteroatoms. The van der Waals surface area contributed by atoms with Crippen LogP contribution in [0.5, 0.6) is 0 Å². The van der Waals surface area contributed by atoms with Crippen molar-refractivity contribution in [3.63, 3.8) is 0 Å². The summed E-state index contributed by atoms with van der Waals surface area (Å²) in [6.45, 7) is 10.7. The van der Waals surface area contributed by atoms with Crippen LogP contribution in [0.1, 0.15) is 27.7 Å². The fourth-order valence-electron chi connectivity index (χ4n) is 1.14. The van der Waals surface area contributed by atoms with Crippen molar-refractivity contribution in [1.82, 2.24) is 0 Å². The molecule has 13 heavy (non-hydrogen) atoms. The molecular weight excluding hydrogens is 168 g/mol. The minimum Gasteiger partial charge on any atom is -0.379 e. The molecule has 2 unspecified atom stereocenters. The fourth-order valence-corrected chi connectivity index (χ4v) is 1.14. The van der Waals surface area contributed by atoms with Crippen LogP contribution >= 0.6 is 0 Å². The largest absolute Gasteiger partial charge is 0.379 e. The molecule has 80 valence electrons. The predicted octanol–water partition coefficient (Wildman–Crippen LogP) is 1.85. The number of hydrogen-bond donors (Lipinski definition) is 0. The Morgan fingerprint density at radius 2 is 1.54 bits per heavy atom. The van der Waals surface area contributed by atoms with E-state index in [1.807, 2.05) is 27.7 Å². The fraction of sp³-hybridized carbons (Fsp3) is 1.00. The van der Waals surface area contributed by atoms with Crippen LogP contribution in [0.25, 0.3) is 0 Å². The molecule has 0 saturated carbocycles. The predicted molar refractivity (Wildman–Crippen MR) is 53.0 cm³/mol. The molecule has 0 aromatic carbocycles. The van der Waals surface area contributed by atoms with E-state index < -0.39 is 0 Å². The minimum absolute atomic E-state index is 0.0601. The number of hydrogen-bond acceptors (Lipinski definition) is 3. The van der Waals surface area contributed by atoms with Gasteiger partial charge in [0.25, 0.3) is 0 Å². The van der Waals surface area contributed by atoms with Crippen molar-refractivity contribution in [3.8, 4) is 0 Å². The Morgan fingerprint density at radius 1 is 0.923 bits per heavy atom. The Labute approximate surface area is 81.4 Å². The quantitative estimate of drug-likeness (QED) is 0.584. The van der Waals surface area contributed by atoms with Gasteiger partial charge in [0.05, 0.1) is 12.7 Å². The summed E-state index contributed by atoms with van der Waals surface area (Å²) >= 11 is 0. The zero-order valence-corrected chi connectivity index (χ0v) is 9.21. The summed E-state index contributed by atoms with van der Waals surface area (Å²) in [5.74, 6) is 0. The van der Waals surface area contributed by atoms with E-state index in [0.717, 1.165) is 13.2 Å². The zero-order chi connectivity index (χ0) is 10.1. The molecule has 0 heterocycles. The van der Waals surface area contributed by atoms with Gasteiger partial charge in [-0.15, -0.1) is 0 Å². The Kier molecular flexibility index (Phi) is 8.40. The number of ether oxygens (including phenoxy) is 3. The van der Waals surface area contributed by atoms with Crippen LogP contribution < -0.4 is 0 Å². The van der Waals surface area contributed by atoms with Gasteiger partial charge >= 0.3 is 0 Å². The first-order chi connectivity index (χ1) is 6.26. The lowest BCUT2D eigenvalue weighted by molar-refractivity contribution is -0.0909. The third kappa shape index (κ3) is 6.02. The van der Waals surface area contributed by atoms with Gasteiger partial charge in [0.15, 0.2) is 0 Å². The molecule has 0 aromatic heterocycles. The average molecular weight is 190 g/mol. The van der Waals surface area contributed by atoms with Crippen LogP contribution in [-0.4, -0.2) is 38.6 Å². The van der Waals surface area contributed by atoms with Crippen molar-refractivity contribution in [2.24, 2.45) is 0 Å². The maximum absolute atomic E-state index is 5.51. The van der Waals surface area contributed by atoms with E-state index in [1.165, 1.54) is 0 Å². The molecule has 0 amide bonds. The van der Waals surface area contributed by atoms with E-state index >= 15 is 0 Å². The molecule has 0 rings (SSSR count). The Hall–Kier alpha value is -0.120. The Morgan fingerprint density at radius 3 is 2.00 bits per heavy atom. The molecule has 0 radical (unpaired) electrons. The highest BCUT2D eigenvalue weighted by molar-refractivity contribution is 4.65. The summed E-state index contributed by atoms with van der Waals surface area (Å²) in [6.07, 6.45) is 0.168. The summed E-state index contributed by atoms with van der Waals surface area (Å²) in [5.41, 5.74) is 0. The van der Waals surface area contributed by atoms with Gasteiger partial charge < -0.3 is 14.2 Å². The summed E-state index contributed by atoms with van der Waals surface area (Å²) < 4.78 is 16.3. The van der Waals surface area contributed by atoms with E-state index in [4.69, 9.17) is 14.2 Å². The van der Waals surface area contributed by atoms with Gasteiger partial charge in [-0.25, -0.2) is 0 Å². The lowest BCUT2D eigenvalue weighted by Gasteiger charge is -2.23. The molecule has 2 atom stereocenters. The number of rotatable bonds is 8. The molecule has 0 aliphatic heterocycles. The maximum atomic E-state index is 5.51. The molecule has 0 aliphatic carbocycles. The third-order valence-electron chi connectivity index (χ3n) is 1.82. The second-order valence-corrected chi connectivity index (χ2v) is 2.81. The van der Waals surface area contributed by atoms with Crippen molar-refractivity contribution in [1.29, 1.82) is 0 Å². The normalized spacial score (nSPS) is 15.7. The first-order valence-electron chi connectivity index (χ1n) is 5.07. The topological polar surface area (TPSA) is 27.7 Å². The van der Waals surface area contributed by atoms with Crippen LogP contribution in [0.2, 0.25) is 0 Å². The van der Waals surface area contributed by atoms with Gasteiger partial charge in [-0.2, -0.15) is 0 Å². The molecule has 0 spiro atoms. The van der Waals surface area contributed by atoms with Crippen LogP contribution in [0.15, 0.2) is 0 Å². The van der Waals surface area contributed by atoms with Crippen LogP contribution in [0.3, 0.4) is 0 Å². The molecule has 0 saturated heterocycles. The standard InChI is InChI=1S/C10H22O3/c1-5-11-8-10(13-7-3)9(4)12-6-2/h9-10H,5-8H2,1-4H3. The second-order valence-electron chi connectivity index (χ2n) is 2.81. The zero-order valence-electron chi connectivity index (χ0n) is 9.21. The van der Waals surface area contributed by atoms with Gasteiger partial charge in [-0.3, -0.25) is 0 Å². The summed E-state index contributed by atoms with van der Waals surface area (Å²) in [7, 11) is 0. The smallest absolute Gasteiger partial charge is 0.107 e. The van der Waals surface area contributed by atoms with Crippen LogP contribution in [0, 0.1) is 0 Å². The molecular formula is C10H22O3. The van der Waals surface area contributed by atoms with Crippen molar-refractivity contribution in [2.45, 2.75) is 39.9 Å². The third-order valence-corrected chi connectivity index (χ3v) is 1.82. The monoisotopic (exact) mass is 190 g/mol. The average Bonchev–Trinajstić information content (AvgIpc) is 2.12. The van der Waals surface area contributed by atoms with Crippen molar-refractivity contribution in [3.05, 3.63) is 0 Å². The SMILES string of the molecule is CCOCC(OCC)C(C)OCC. The van der Waals surface area contributed by atoms with Gasteiger partial charge in [-0.1, -0.05) is 0 Å². The first-order valence-corrected chi connectivity index (χ1v) is 5.07. The van der Waals surface area contributed by atoms with Crippen molar-refractivity contribution < 1.29 is 14.2 Å².